The van der Waals surface area contributed by atoms with Crippen LogP contribution in [0.25, 0.3) is 6.08 Å². The summed E-state index contributed by atoms with van der Waals surface area (Å²) in [6.07, 6.45) is 2.95. The predicted molar refractivity (Wildman–Crippen MR) is 92.3 cm³/mol. The van der Waals surface area contributed by atoms with Crippen molar-refractivity contribution < 1.29 is 0 Å². The number of benzene rings is 2. The SMILES string of the molecule is CC(=Cc1ccc(C(=N)N)cc1)Cc1ccc(C(=N)N)cc1. The molecule has 0 aliphatic carbocycles. The fourth-order valence-electron chi connectivity index (χ4n) is 2.22. The van der Waals surface area contributed by atoms with E-state index in [1.165, 1.54) is 11.1 Å². The molecule has 0 unspecified atom stereocenters. The van der Waals surface area contributed by atoms with Crippen molar-refractivity contribution in [3.05, 3.63) is 76.4 Å². The zero-order chi connectivity index (χ0) is 16.1. The lowest BCUT2D eigenvalue weighted by Crippen LogP contribution is -2.10. The summed E-state index contributed by atoms with van der Waals surface area (Å²) in [5.74, 6) is 0.169. The smallest absolute Gasteiger partial charge is 0.122 e. The van der Waals surface area contributed by atoms with Crippen LogP contribution in [-0.4, -0.2) is 11.7 Å². The number of rotatable bonds is 5. The molecule has 0 saturated heterocycles. The van der Waals surface area contributed by atoms with E-state index in [2.05, 4.69) is 13.0 Å². The van der Waals surface area contributed by atoms with Gasteiger partial charge in [0, 0.05) is 11.1 Å². The number of nitrogen functional groups attached to an aromatic ring is 2. The number of nitrogens with two attached hydrogens (primary N) is 2. The summed E-state index contributed by atoms with van der Waals surface area (Å²) in [4.78, 5) is 0. The monoisotopic (exact) mass is 292 g/mol. The molecule has 0 saturated carbocycles. The largest absolute Gasteiger partial charge is 0.384 e. The zero-order valence-electron chi connectivity index (χ0n) is 12.6. The van der Waals surface area contributed by atoms with E-state index in [9.17, 15) is 0 Å². The normalized spacial score (nSPS) is 11.2. The van der Waals surface area contributed by atoms with Gasteiger partial charge in [-0.25, -0.2) is 0 Å². The van der Waals surface area contributed by atoms with Crippen molar-refractivity contribution >= 4 is 17.7 Å². The molecule has 6 N–H and O–H groups in total. The van der Waals surface area contributed by atoms with Crippen LogP contribution in [0.1, 0.15) is 29.2 Å². The van der Waals surface area contributed by atoms with Crippen LogP contribution in [0.15, 0.2) is 54.1 Å². The second kappa shape index (κ2) is 6.72. The number of allylic oxidation sites excluding steroid dienone is 1. The van der Waals surface area contributed by atoms with Crippen LogP contribution >= 0.6 is 0 Å². The predicted octanol–water partition coefficient (Wildman–Crippen LogP) is 2.90. The van der Waals surface area contributed by atoms with Crippen molar-refractivity contribution in [2.75, 3.05) is 0 Å². The van der Waals surface area contributed by atoms with E-state index in [0.29, 0.717) is 0 Å². The van der Waals surface area contributed by atoms with Gasteiger partial charge in [0.05, 0.1) is 0 Å². The van der Waals surface area contributed by atoms with Gasteiger partial charge in [0.1, 0.15) is 11.7 Å². The molecule has 22 heavy (non-hydrogen) atoms. The highest BCUT2D eigenvalue weighted by atomic mass is 14.7. The van der Waals surface area contributed by atoms with Crippen LogP contribution in [-0.2, 0) is 6.42 Å². The molecule has 0 amide bonds. The summed E-state index contributed by atoms with van der Waals surface area (Å²) in [5.41, 5.74) is 15.9. The van der Waals surface area contributed by atoms with Gasteiger partial charge >= 0.3 is 0 Å². The van der Waals surface area contributed by atoms with Gasteiger partial charge in [-0.3, -0.25) is 10.8 Å². The van der Waals surface area contributed by atoms with Crippen LogP contribution in [0.2, 0.25) is 0 Å². The average molecular weight is 292 g/mol. The Labute approximate surface area is 130 Å². The maximum atomic E-state index is 7.39. The Morgan fingerprint density at radius 2 is 1.32 bits per heavy atom. The lowest BCUT2D eigenvalue weighted by atomic mass is 10.0. The topological polar surface area (TPSA) is 99.7 Å². The highest BCUT2D eigenvalue weighted by Crippen LogP contribution is 2.14. The summed E-state index contributed by atoms with van der Waals surface area (Å²) in [6.45, 7) is 2.08. The van der Waals surface area contributed by atoms with E-state index in [4.69, 9.17) is 22.3 Å². The van der Waals surface area contributed by atoms with Crippen molar-refractivity contribution in [3.63, 3.8) is 0 Å². The first-order valence-electron chi connectivity index (χ1n) is 7.00. The van der Waals surface area contributed by atoms with Gasteiger partial charge in [0.25, 0.3) is 0 Å². The zero-order valence-corrected chi connectivity index (χ0v) is 12.6. The Morgan fingerprint density at radius 1 is 0.864 bits per heavy atom. The Morgan fingerprint density at radius 3 is 1.77 bits per heavy atom. The van der Waals surface area contributed by atoms with Crippen molar-refractivity contribution in [1.82, 2.24) is 0 Å². The van der Waals surface area contributed by atoms with Crippen molar-refractivity contribution in [2.45, 2.75) is 13.3 Å². The molecular weight excluding hydrogens is 272 g/mol. The van der Waals surface area contributed by atoms with Crippen LogP contribution in [0.4, 0.5) is 0 Å². The summed E-state index contributed by atoms with van der Waals surface area (Å²) in [6, 6.07) is 15.3. The first-order chi connectivity index (χ1) is 10.5. The van der Waals surface area contributed by atoms with Gasteiger partial charge in [-0.2, -0.15) is 0 Å². The second-order valence-electron chi connectivity index (χ2n) is 5.31. The van der Waals surface area contributed by atoms with Gasteiger partial charge in [0.15, 0.2) is 0 Å². The van der Waals surface area contributed by atoms with Gasteiger partial charge in [-0.05, 0) is 24.5 Å². The number of hydrogen-bond acceptors (Lipinski definition) is 2. The third-order valence-electron chi connectivity index (χ3n) is 3.38. The van der Waals surface area contributed by atoms with E-state index >= 15 is 0 Å². The quantitative estimate of drug-likeness (QED) is 0.503. The van der Waals surface area contributed by atoms with Crippen molar-refractivity contribution in [1.29, 1.82) is 10.8 Å². The molecule has 0 aliphatic heterocycles. The fraction of sp³-hybridized carbons (Fsp3) is 0.111. The van der Waals surface area contributed by atoms with E-state index in [-0.39, 0.29) is 11.7 Å². The molecule has 0 radical (unpaired) electrons. The Balaban J connectivity index is 2.08. The molecule has 2 aromatic rings. The summed E-state index contributed by atoms with van der Waals surface area (Å²) < 4.78 is 0. The van der Waals surface area contributed by atoms with Gasteiger partial charge < -0.3 is 11.5 Å². The minimum absolute atomic E-state index is 0.0813. The van der Waals surface area contributed by atoms with Crippen LogP contribution < -0.4 is 11.5 Å². The summed E-state index contributed by atoms with van der Waals surface area (Å²) in [7, 11) is 0. The molecule has 0 atom stereocenters. The molecule has 112 valence electrons. The molecule has 2 rings (SSSR count). The standard InChI is InChI=1S/C18H20N4/c1-12(10-13-2-6-15(7-3-13)17(19)20)11-14-4-8-16(9-5-14)18(21)22/h2-10H,11H2,1H3,(H3,19,20)(H3,21,22). The first-order valence-corrected chi connectivity index (χ1v) is 7.00. The van der Waals surface area contributed by atoms with E-state index < -0.39 is 0 Å². The van der Waals surface area contributed by atoms with E-state index in [1.807, 2.05) is 48.5 Å². The lowest BCUT2D eigenvalue weighted by Gasteiger charge is -2.05. The Hall–Kier alpha value is -2.88. The summed E-state index contributed by atoms with van der Waals surface area (Å²) >= 11 is 0. The number of hydrogen-bond donors (Lipinski definition) is 4. The van der Waals surface area contributed by atoms with E-state index in [1.54, 1.807) is 0 Å². The van der Waals surface area contributed by atoms with Crippen LogP contribution in [0.5, 0.6) is 0 Å². The number of amidine groups is 2. The van der Waals surface area contributed by atoms with E-state index in [0.717, 1.165) is 23.1 Å². The second-order valence-corrected chi connectivity index (χ2v) is 5.31. The van der Waals surface area contributed by atoms with Gasteiger partial charge in [0.2, 0.25) is 0 Å². The minimum Gasteiger partial charge on any atom is -0.384 e. The molecule has 0 fully saturated rings. The molecular formula is C18H20N4. The third-order valence-corrected chi connectivity index (χ3v) is 3.38. The lowest BCUT2D eigenvalue weighted by molar-refractivity contribution is 1.16. The molecule has 4 heteroatoms. The van der Waals surface area contributed by atoms with Gasteiger partial charge in [-0.1, -0.05) is 60.2 Å². The molecule has 0 heterocycles. The maximum absolute atomic E-state index is 7.39. The van der Waals surface area contributed by atoms with Crippen molar-refractivity contribution in [2.24, 2.45) is 11.5 Å². The average Bonchev–Trinajstić information content (AvgIpc) is 2.48. The molecule has 4 nitrogen and oxygen atoms in total. The Kier molecular flexibility index (Phi) is 4.73. The summed E-state index contributed by atoms with van der Waals surface area (Å²) in [5, 5.41) is 14.8. The Bertz CT molecular complexity index is 710. The minimum atomic E-state index is 0.0813. The first kappa shape index (κ1) is 15.5. The van der Waals surface area contributed by atoms with Gasteiger partial charge in [-0.15, -0.1) is 0 Å². The molecule has 0 bridgehead atoms. The number of nitrogens with one attached hydrogen (secondary N) is 2. The maximum Gasteiger partial charge on any atom is 0.122 e. The highest BCUT2D eigenvalue weighted by molar-refractivity contribution is 5.95. The van der Waals surface area contributed by atoms with Crippen LogP contribution in [0.3, 0.4) is 0 Å². The van der Waals surface area contributed by atoms with Crippen molar-refractivity contribution in [3.8, 4) is 0 Å². The fourth-order valence-corrected chi connectivity index (χ4v) is 2.22. The molecule has 0 spiro atoms. The highest BCUT2D eigenvalue weighted by Gasteiger charge is 2.00. The van der Waals surface area contributed by atoms with Crippen LogP contribution in [0, 0.1) is 10.8 Å². The molecule has 2 aromatic carbocycles. The molecule has 0 aromatic heterocycles. The molecule has 0 aliphatic rings. The third kappa shape index (κ3) is 4.06.